The van der Waals surface area contributed by atoms with Gasteiger partial charge in [-0.2, -0.15) is 0 Å². The van der Waals surface area contributed by atoms with Crippen LogP contribution in [0.5, 0.6) is 0 Å². The highest BCUT2D eigenvalue weighted by atomic mass is 16.7. The molecule has 3 heterocycles. The first-order valence-electron chi connectivity index (χ1n) is 16.1. The number of aliphatic hydroxyl groups excluding tert-OH is 2. The van der Waals surface area contributed by atoms with Crippen molar-refractivity contribution in [3.05, 3.63) is 48.0 Å². The number of hydrogen-bond donors (Lipinski definition) is 3. The summed E-state index contributed by atoms with van der Waals surface area (Å²) in [6.45, 7) is 7.39. The number of fused-ring (bicyclic) bond motifs is 2. The maximum Gasteiger partial charge on any atom is 0.157 e. The predicted molar refractivity (Wildman–Crippen MR) is 166 cm³/mol. The van der Waals surface area contributed by atoms with E-state index in [9.17, 15) is 10.2 Å². The van der Waals surface area contributed by atoms with Crippen LogP contribution in [0.2, 0.25) is 0 Å². The fraction of sp³-hybridized carbons (Fsp3) is 0.618. The minimum absolute atomic E-state index is 0.307. The van der Waals surface area contributed by atoms with Gasteiger partial charge in [-0.25, -0.2) is 4.98 Å². The van der Waals surface area contributed by atoms with E-state index in [1.54, 1.807) is 6.92 Å². The van der Waals surface area contributed by atoms with Crippen molar-refractivity contribution in [2.24, 2.45) is 0 Å². The Morgan fingerprint density at radius 3 is 2.29 bits per heavy atom. The van der Waals surface area contributed by atoms with E-state index in [2.05, 4.69) is 41.9 Å². The number of nitrogens with zero attached hydrogens (tertiary/aromatic N) is 2. The third kappa shape index (κ3) is 7.53. The van der Waals surface area contributed by atoms with Gasteiger partial charge in [-0.3, -0.25) is 0 Å². The maximum atomic E-state index is 10.7. The number of ether oxygens (including phenoxy) is 3. The van der Waals surface area contributed by atoms with Crippen molar-refractivity contribution in [3.8, 4) is 11.4 Å². The van der Waals surface area contributed by atoms with Crippen LogP contribution in [0.1, 0.15) is 83.6 Å². The Hall–Kier alpha value is -2.49. The molecule has 42 heavy (non-hydrogen) atoms. The molecule has 2 aliphatic heterocycles. The average molecular weight is 580 g/mol. The summed E-state index contributed by atoms with van der Waals surface area (Å²) in [6.07, 6.45) is 8.66. The van der Waals surface area contributed by atoms with Crippen LogP contribution in [0, 0.1) is 6.92 Å². The van der Waals surface area contributed by atoms with Crippen LogP contribution in [0.25, 0.3) is 22.4 Å². The van der Waals surface area contributed by atoms with Gasteiger partial charge in [-0.1, -0.05) is 70.8 Å². The molecular formula is C34H49N3O5. The van der Waals surface area contributed by atoms with Crippen LogP contribution in [-0.2, 0) is 20.8 Å². The molecule has 2 aromatic carbocycles. The number of nitrogens with one attached hydrogen (secondary N) is 1. The Morgan fingerprint density at radius 1 is 0.881 bits per heavy atom. The van der Waals surface area contributed by atoms with Crippen molar-refractivity contribution < 1.29 is 24.4 Å². The first-order valence-corrected chi connectivity index (χ1v) is 16.1. The van der Waals surface area contributed by atoms with Crippen LogP contribution in [0.4, 0.5) is 5.69 Å². The molecule has 2 saturated heterocycles. The summed E-state index contributed by atoms with van der Waals surface area (Å²) in [7, 11) is 0. The molecule has 0 saturated carbocycles. The second kappa shape index (κ2) is 14.8. The molecule has 3 aromatic rings. The fourth-order valence-corrected chi connectivity index (χ4v) is 6.18. The number of benzene rings is 2. The second-order valence-electron chi connectivity index (χ2n) is 12.1. The largest absolute Gasteiger partial charge is 0.387 e. The lowest BCUT2D eigenvalue weighted by molar-refractivity contribution is -0.317. The molecule has 2 aliphatic rings. The average Bonchev–Trinajstić information content (AvgIpc) is 3.34. The predicted octanol–water partition coefficient (Wildman–Crippen LogP) is 6.55. The molecule has 8 nitrogen and oxygen atoms in total. The van der Waals surface area contributed by atoms with Crippen molar-refractivity contribution in [2.75, 3.05) is 11.9 Å². The Bertz CT molecular complexity index is 1260. The minimum Gasteiger partial charge on any atom is -0.387 e. The zero-order chi connectivity index (χ0) is 29.5. The molecule has 3 N–H and O–H groups in total. The lowest BCUT2D eigenvalue weighted by Crippen LogP contribution is -2.64. The zero-order valence-corrected chi connectivity index (χ0v) is 25.5. The Labute approximate surface area is 250 Å². The minimum atomic E-state index is -1.13. The van der Waals surface area contributed by atoms with Gasteiger partial charge < -0.3 is 34.3 Å². The number of unbranched alkanes of at least 4 members (excludes halogenated alkanes) is 9. The van der Waals surface area contributed by atoms with E-state index in [0.717, 1.165) is 35.6 Å². The van der Waals surface area contributed by atoms with Crippen molar-refractivity contribution in [1.82, 2.24) is 9.55 Å². The highest BCUT2D eigenvalue weighted by Gasteiger charge is 2.48. The number of hydrogen-bond acceptors (Lipinski definition) is 7. The lowest BCUT2D eigenvalue weighted by Gasteiger charge is -2.46. The van der Waals surface area contributed by atoms with Crippen LogP contribution in [-0.4, -0.2) is 63.3 Å². The van der Waals surface area contributed by atoms with E-state index in [4.69, 9.17) is 19.2 Å². The molecule has 0 bridgehead atoms. The lowest BCUT2D eigenvalue weighted by atomic mass is 9.97. The van der Waals surface area contributed by atoms with E-state index in [0.29, 0.717) is 6.61 Å². The molecule has 5 rings (SSSR count). The third-order valence-corrected chi connectivity index (χ3v) is 8.62. The van der Waals surface area contributed by atoms with E-state index < -0.39 is 36.9 Å². The van der Waals surface area contributed by atoms with E-state index in [1.807, 2.05) is 24.3 Å². The number of rotatable bonds is 14. The number of imidazole rings is 1. The first-order chi connectivity index (χ1) is 20.4. The smallest absolute Gasteiger partial charge is 0.157 e. The normalized spacial score (nSPS) is 25.9. The maximum absolute atomic E-state index is 10.7. The van der Waals surface area contributed by atoms with Gasteiger partial charge in [0.1, 0.15) is 30.2 Å². The van der Waals surface area contributed by atoms with E-state index >= 15 is 0 Å². The molecular weight excluding hydrogens is 530 g/mol. The van der Waals surface area contributed by atoms with Crippen molar-refractivity contribution in [3.63, 3.8) is 0 Å². The van der Waals surface area contributed by atoms with Crippen LogP contribution >= 0.6 is 0 Å². The van der Waals surface area contributed by atoms with Gasteiger partial charge in [-0.15, -0.1) is 0 Å². The number of aryl methyl sites for hydroxylation is 2. The molecule has 0 aliphatic carbocycles. The van der Waals surface area contributed by atoms with Gasteiger partial charge in [0, 0.05) is 17.8 Å². The topological polar surface area (TPSA) is 98.0 Å². The van der Waals surface area contributed by atoms with Gasteiger partial charge >= 0.3 is 0 Å². The number of aliphatic hydroxyl groups is 2. The highest BCUT2D eigenvalue weighted by Crippen LogP contribution is 2.31. The van der Waals surface area contributed by atoms with E-state index in [1.165, 1.54) is 68.9 Å². The summed E-state index contributed by atoms with van der Waals surface area (Å²) in [5.41, 5.74) is 5.22. The van der Waals surface area contributed by atoms with Crippen molar-refractivity contribution >= 4 is 16.7 Å². The Morgan fingerprint density at radius 2 is 1.57 bits per heavy atom. The summed E-state index contributed by atoms with van der Waals surface area (Å²) < 4.78 is 19.6. The standard InChI is InChI=1S/C34H49N3O5/c1-4-5-6-7-8-9-10-11-12-13-20-37-28-19-14-23(2)21-27(28)36-33(37)25-15-17-26(18-16-25)35-34-31(39)30(38)32-29(42-34)22-40-24(3)41-32/h14-19,21,24,29-32,34-35,38-39H,4-13,20,22H2,1-3H3/t24?,29-,30-,31-,32-,34-/m1/s1. The molecule has 230 valence electrons. The highest BCUT2D eigenvalue weighted by molar-refractivity contribution is 5.81. The number of aromatic nitrogens is 2. The van der Waals surface area contributed by atoms with Gasteiger partial charge in [-0.05, 0) is 62.2 Å². The molecule has 2 fully saturated rings. The van der Waals surface area contributed by atoms with Crippen LogP contribution in [0.3, 0.4) is 0 Å². The second-order valence-corrected chi connectivity index (χ2v) is 12.1. The van der Waals surface area contributed by atoms with Crippen LogP contribution < -0.4 is 5.32 Å². The van der Waals surface area contributed by atoms with Gasteiger partial charge in [0.2, 0.25) is 0 Å². The van der Waals surface area contributed by atoms with E-state index in [-0.39, 0.29) is 0 Å². The quantitative estimate of drug-likeness (QED) is 0.186. The molecule has 0 spiro atoms. The molecule has 1 aromatic heterocycles. The molecule has 0 amide bonds. The molecule has 0 radical (unpaired) electrons. The van der Waals surface area contributed by atoms with Crippen molar-refractivity contribution in [1.29, 1.82) is 0 Å². The number of anilines is 1. The van der Waals surface area contributed by atoms with Crippen LogP contribution in [0.15, 0.2) is 42.5 Å². The SMILES string of the molecule is CCCCCCCCCCCCn1c(-c2ccc(N[C@@H]3O[C@@H]4COC(C)O[C@H]4[C@H](O)[C@H]3O)cc2)nc2cc(C)ccc21. The zero-order valence-electron chi connectivity index (χ0n) is 25.5. The summed E-state index contributed by atoms with van der Waals surface area (Å²) in [4.78, 5) is 5.04. The fourth-order valence-electron chi connectivity index (χ4n) is 6.18. The molecule has 8 heteroatoms. The van der Waals surface area contributed by atoms with Gasteiger partial charge in [0.05, 0.1) is 17.6 Å². The Balaban J connectivity index is 1.21. The summed E-state index contributed by atoms with van der Waals surface area (Å²) >= 11 is 0. The van der Waals surface area contributed by atoms with Crippen molar-refractivity contribution in [2.45, 2.75) is 128 Å². The monoisotopic (exact) mass is 579 g/mol. The van der Waals surface area contributed by atoms with Gasteiger partial charge in [0.15, 0.2) is 12.5 Å². The molecule has 6 atom stereocenters. The van der Waals surface area contributed by atoms with Gasteiger partial charge in [0.25, 0.3) is 0 Å². The molecule has 1 unspecified atom stereocenters. The Kier molecular flexibility index (Phi) is 10.9. The third-order valence-electron chi connectivity index (χ3n) is 8.62. The summed E-state index contributed by atoms with van der Waals surface area (Å²) in [5.74, 6) is 0.968. The first kappa shape index (κ1) is 31.0. The summed E-state index contributed by atoms with van der Waals surface area (Å²) in [6, 6.07) is 14.5. The summed E-state index contributed by atoms with van der Waals surface area (Å²) in [5, 5.41) is 24.6.